The summed E-state index contributed by atoms with van der Waals surface area (Å²) in [5.41, 5.74) is 0.500. The van der Waals surface area contributed by atoms with Crippen LogP contribution in [-0.4, -0.2) is 0 Å². The molecule has 0 N–H and O–H groups in total. The molecule has 0 spiro atoms. The van der Waals surface area contributed by atoms with Crippen LogP contribution in [0.1, 0.15) is 27.7 Å². The Labute approximate surface area is 34.2 Å². The lowest BCUT2D eigenvalue weighted by Gasteiger charge is -2.05. The Morgan fingerprint density at radius 1 is 0.800 bits per heavy atom. The summed E-state index contributed by atoms with van der Waals surface area (Å²) in [5.74, 6) is 0. The first-order chi connectivity index (χ1) is 2.00. The molecule has 0 amide bonds. The van der Waals surface area contributed by atoms with Gasteiger partial charge in [-0.3, -0.25) is 0 Å². The van der Waals surface area contributed by atoms with Crippen LogP contribution in [0, 0.1) is 5.41 Å². The lowest BCUT2D eigenvalue weighted by atomic mass is 10.1. The van der Waals surface area contributed by atoms with Gasteiger partial charge in [-0.25, -0.2) is 0 Å². The zero-order valence-corrected chi connectivity index (χ0v) is 4.50. The first kappa shape index (κ1) is 5.00. The lowest BCUT2D eigenvalue weighted by Crippen LogP contribution is -1.93. The van der Waals surface area contributed by atoms with Gasteiger partial charge in [0, 0.05) is 0 Å². The van der Waals surface area contributed by atoms with Crippen LogP contribution >= 0.6 is 0 Å². The van der Waals surface area contributed by atoms with Crippen LogP contribution in [-0.2, 0) is 0 Å². The van der Waals surface area contributed by atoms with Gasteiger partial charge in [0.15, 0.2) is 0 Å². The fourth-order valence-corrected chi connectivity index (χ4v) is 0. The van der Waals surface area contributed by atoms with E-state index in [0.717, 1.165) is 0 Å². The van der Waals surface area contributed by atoms with Gasteiger partial charge in [-0.15, -0.1) is 0 Å². The van der Waals surface area contributed by atoms with Crippen molar-refractivity contribution in [2.45, 2.75) is 27.7 Å². The second-order valence-electron chi connectivity index (χ2n) is 3.00. The van der Waals surface area contributed by atoms with Crippen LogP contribution in [0.2, 0.25) is 0 Å². The molecule has 0 nitrogen and oxygen atoms in total. The zero-order chi connectivity index (χ0) is 4.50. The molecule has 0 bridgehead atoms. The summed E-state index contributed by atoms with van der Waals surface area (Å²) >= 11 is 0. The molecular weight excluding hydrogens is 61.0 g/mol. The summed E-state index contributed by atoms with van der Waals surface area (Å²) in [6.45, 7) is 8.75. The molecular formula is C5H12. The topological polar surface area (TPSA) is 0 Å². The molecule has 0 aliphatic rings. The molecule has 5 heavy (non-hydrogen) atoms. The highest BCUT2D eigenvalue weighted by molar-refractivity contribution is 4.47. The maximum atomic E-state index is 2.19. The predicted molar refractivity (Wildman–Crippen MR) is 25.1 cm³/mol. The minimum Gasteiger partial charge on any atom is -0.0604 e. The van der Waals surface area contributed by atoms with E-state index < -0.39 is 0 Å². The van der Waals surface area contributed by atoms with E-state index in [9.17, 15) is 0 Å². The standard InChI is InChI=1S/C5H12/c1-5(2,3)4/h1-4H3/i1+1. The first-order valence-corrected chi connectivity index (χ1v) is 2.00. The fourth-order valence-electron chi connectivity index (χ4n) is 0. The van der Waals surface area contributed by atoms with Gasteiger partial charge in [0.1, 0.15) is 0 Å². The van der Waals surface area contributed by atoms with Gasteiger partial charge in [-0.1, -0.05) is 27.7 Å². The molecule has 0 heterocycles. The van der Waals surface area contributed by atoms with Crippen LogP contribution < -0.4 is 0 Å². The highest BCUT2D eigenvalue weighted by atomic mass is 14.2. The quantitative estimate of drug-likeness (QED) is 0.385. The predicted octanol–water partition coefficient (Wildman–Crippen LogP) is 2.05. The molecule has 32 valence electrons. The van der Waals surface area contributed by atoms with E-state index in [4.69, 9.17) is 0 Å². The lowest BCUT2D eigenvalue weighted by molar-refractivity contribution is 0.469. The first-order valence-electron chi connectivity index (χ1n) is 2.00. The maximum Gasteiger partial charge on any atom is -0.0411 e. The van der Waals surface area contributed by atoms with E-state index >= 15 is 0 Å². The molecule has 0 aromatic carbocycles. The Morgan fingerprint density at radius 3 is 0.800 bits per heavy atom. The summed E-state index contributed by atoms with van der Waals surface area (Å²) in [7, 11) is 0. The highest BCUT2D eigenvalue weighted by Gasteiger charge is 1.95. The van der Waals surface area contributed by atoms with Crippen LogP contribution in [0.5, 0.6) is 0 Å². The summed E-state index contributed by atoms with van der Waals surface area (Å²) in [6.07, 6.45) is 0. The van der Waals surface area contributed by atoms with Gasteiger partial charge in [-0.05, 0) is 5.41 Å². The molecule has 0 saturated heterocycles. The normalized spacial score (nSPS) is 12.0. The van der Waals surface area contributed by atoms with Crippen molar-refractivity contribution in [3.05, 3.63) is 0 Å². The molecule has 0 atom stereocenters. The Kier molecular flexibility index (Phi) is 1.00. The van der Waals surface area contributed by atoms with Crippen LogP contribution in [0.15, 0.2) is 0 Å². The van der Waals surface area contributed by atoms with Crippen molar-refractivity contribution in [3.8, 4) is 0 Å². The zero-order valence-electron chi connectivity index (χ0n) is 4.50. The van der Waals surface area contributed by atoms with E-state index in [1.54, 1.807) is 0 Å². The molecule has 0 aromatic rings. The molecule has 0 aromatic heterocycles. The third kappa shape index (κ3) is 0. The second kappa shape index (κ2) is 1.00. The van der Waals surface area contributed by atoms with Crippen molar-refractivity contribution < 1.29 is 0 Å². The maximum absolute atomic E-state index is 2.19. The molecule has 0 aliphatic carbocycles. The smallest absolute Gasteiger partial charge is 0.0411 e. The molecule has 0 rings (SSSR count). The van der Waals surface area contributed by atoms with Gasteiger partial charge in [-0.2, -0.15) is 0 Å². The van der Waals surface area contributed by atoms with E-state index in [-0.39, 0.29) is 0 Å². The SMILES string of the molecule is CC(C)(C)[13CH3]. The number of rotatable bonds is 0. The molecule has 0 radical (unpaired) electrons. The van der Waals surface area contributed by atoms with Crippen LogP contribution in [0.4, 0.5) is 0 Å². The van der Waals surface area contributed by atoms with Crippen molar-refractivity contribution in [2.24, 2.45) is 5.41 Å². The average molecular weight is 73.1 g/mol. The third-order valence-corrected chi connectivity index (χ3v) is 0. The summed E-state index contributed by atoms with van der Waals surface area (Å²) < 4.78 is 0. The van der Waals surface area contributed by atoms with Crippen LogP contribution in [0.25, 0.3) is 0 Å². The van der Waals surface area contributed by atoms with Crippen molar-refractivity contribution in [1.29, 1.82) is 0 Å². The molecule has 0 fully saturated rings. The third-order valence-electron chi connectivity index (χ3n) is 0. The van der Waals surface area contributed by atoms with Crippen molar-refractivity contribution in [1.82, 2.24) is 0 Å². The van der Waals surface area contributed by atoms with E-state index in [0.29, 0.717) is 5.41 Å². The molecule has 0 heteroatoms. The van der Waals surface area contributed by atoms with Crippen molar-refractivity contribution >= 4 is 0 Å². The summed E-state index contributed by atoms with van der Waals surface area (Å²) in [4.78, 5) is 0. The van der Waals surface area contributed by atoms with Gasteiger partial charge in [0.2, 0.25) is 0 Å². The average Bonchev–Trinajstić information content (AvgIpc) is 0.722. The van der Waals surface area contributed by atoms with Crippen molar-refractivity contribution in [3.63, 3.8) is 0 Å². The minimum atomic E-state index is 0.500. The summed E-state index contributed by atoms with van der Waals surface area (Å²) in [6, 6.07) is 0. The van der Waals surface area contributed by atoms with Gasteiger partial charge < -0.3 is 0 Å². The second-order valence-corrected chi connectivity index (χ2v) is 3.00. The minimum absolute atomic E-state index is 0.500. The van der Waals surface area contributed by atoms with Crippen molar-refractivity contribution in [2.75, 3.05) is 0 Å². The largest absolute Gasteiger partial charge is 0.0604 e. The van der Waals surface area contributed by atoms with E-state index in [1.807, 2.05) is 0 Å². The number of hydrogen-bond donors (Lipinski definition) is 0. The van der Waals surface area contributed by atoms with Crippen LogP contribution in [0.3, 0.4) is 0 Å². The highest BCUT2D eigenvalue weighted by Crippen LogP contribution is 2.07. The Bertz CT molecular complexity index is 15.5. The Hall–Kier alpha value is 0. The fraction of sp³-hybridized carbons (Fsp3) is 1.00. The van der Waals surface area contributed by atoms with Gasteiger partial charge in [0.25, 0.3) is 0 Å². The number of hydrogen-bond acceptors (Lipinski definition) is 0. The van der Waals surface area contributed by atoms with E-state index in [1.165, 1.54) is 0 Å². The molecule has 0 aliphatic heterocycles. The Morgan fingerprint density at radius 2 is 0.800 bits per heavy atom. The molecule has 0 unspecified atom stereocenters. The molecule has 0 saturated carbocycles. The Balaban J connectivity index is 3.02. The monoisotopic (exact) mass is 73.1 g/mol. The van der Waals surface area contributed by atoms with Gasteiger partial charge in [0.05, 0.1) is 0 Å². The summed E-state index contributed by atoms with van der Waals surface area (Å²) in [5, 5.41) is 0. The van der Waals surface area contributed by atoms with Gasteiger partial charge >= 0.3 is 0 Å². The van der Waals surface area contributed by atoms with E-state index in [2.05, 4.69) is 27.7 Å².